The molecule has 0 fully saturated rings. The molecule has 100 valence electrons. The highest BCUT2D eigenvalue weighted by molar-refractivity contribution is 7.20. The van der Waals surface area contributed by atoms with E-state index in [0.29, 0.717) is 23.4 Å². The Morgan fingerprint density at radius 3 is 2.89 bits per heavy atom. The molecule has 1 aromatic heterocycles. The minimum Gasteiger partial charge on any atom is -0.351 e. The molecule has 0 unspecified atom stereocenters. The van der Waals surface area contributed by atoms with Crippen LogP contribution in [-0.2, 0) is 0 Å². The summed E-state index contributed by atoms with van der Waals surface area (Å²) in [6.07, 6.45) is 0.724. The highest BCUT2D eigenvalue weighted by Gasteiger charge is 2.12. The molecule has 0 saturated carbocycles. The normalized spacial score (nSPS) is 10.6. The number of thiophene rings is 1. The van der Waals surface area contributed by atoms with Crippen LogP contribution in [-0.4, -0.2) is 23.9 Å². The smallest absolute Gasteiger partial charge is 0.270 e. The fraction of sp³-hybridized carbons (Fsp3) is 0.250. The number of nitrogens with one attached hydrogen (secondary N) is 1. The van der Waals surface area contributed by atoms with Gasteiger partial charge >= 0.3 is 0 Å². The number of nitro benzene ring substituents is 1. The number of non-ortho nitro benzene ring substituents is 1. The summed E-state index contributed by atoms with van der Waals surface area (Å²) >= 11 is 1.32. The van der Waals surface area contributed by atoms with E-state index in [9.17, 15) is 14.9 Å². The highest BCUT2D eigenvalue weighted by atomic mass is 32.1. The SMILES string of the molecule is NCCCNC(=O)c1cc2cc([N+](=O)[O-])ccc2s1. The van der Waals surface area contributed by atoms with Crippen LogP contribution in [0.25, 0.3) is 10.1 Å². The maximum atomic E-state index is 11.8. The first-order valence-electron chi connectivity index (χ1n) is 5.78. The van der Waals surface area contributed by atoms with Crippen LogP contribution in [0.3, 0.4) is 0 Å². The number of hydrogen-bond acceptors (Lipinski definition) is 5. The van der Waals surface area contributed by atoms with Gasteiger partial charge in [-0.25, -0.2) is 0 Å². The number of fused-ring (bicyclic) bond motifs is 1. The van der Waals surface area contributed by atoms with Gasteiger partial charge < -0.3 is 11.1 Å². The molecule has 2 rings (SSSR count). The minimum absolute atomic E-state index is 0.0281. The van der Waals surface area contributed by atoms with Gasteiger partial charge in [-0.2, -0.15) is 0 Å². The second-order valence-electron chi connectivity index (χ2n) is 3.99. The van der Waals surface area contributed by atoms with Crippen LogP contribution >= 0.6 is 11.3 Å². The van der Waals surface area contributed by atoms with Gasteiger partial charge in [-0.3, -0.25) is 14.9 Å². The lowest BCUT2D eigenvalue weighted by Crippen LogP contribution is -2.25. The Bertz CT molecular complexity index is 624. The van der Waals surface area contributed by atoms with Crippen LogP contribution in [0, 0.1) is 10.1 Å². The fourth-order valence-electron chi connectivity index (χ4n) is 1.65. The topological polar surface area (TPSA) is 98.3 Å². The van der Waals surface area contributed by atoms with Gasteiger partial charge in [0.2, 0.25) is 0 Å². The van der Waals surface area contributed by atoms with E-state index in [4.69, 9.17) is 5.73 Å². The third kappa shape index (κ3) is 3.07. The monoisotopic (exact) mass is 279 g/mol. The molecule has 3 N–H and O–H groups in total. The van der Waals surface area contributed by atoms with Crippen LogP contribution in [0.15, 0.2) is 24.3 Å². The second kappa shape index (κ2) is 5.77. The summed E-state index contributed by atoms with van der Waals surface area (Å²) in [5.41, 5.74) is 5.38. The van der Waals surface area contributed by atoms with Crippen molar-refractivity contribution in [3.8, 4) is 0 Å². The number of carbonyl (C=O) groups excluding carboxylic acids is 1. The molecule has 6 nitrogen and oxygen atoms in total. The number of nitrogens with two attached hydrogens (primary N) is 1. The third-order valence-electron chi connectivity index (χ3n) is 2.60. The van der Waals surface area contributed by atoms with Crippen LogP contribution in [0.1, 0.15) is 16.1 Å². The molecule has 1 heterocycles. The first-order chi connectivity index (χ1) is 9.11. The van der Waals surface area contributed by atoms with E-state index in [-0.39, 0.29) is 11.6 Å². The van der Waals surface area contributed by atoms with Crippen molar-refractivity contribution in [3.05, 3.63) is 39.3 Å². The predicted octanol–water partition coefficient (Wildman–Crippen LogP) is 1.89. The average Bonchev–Trinajstić information content (AvgIpc) is 2.81. The van der Waals surface area contributed by atoms with Crippen LogP contribution in [0.4, 0.5) is 5.69 Å². The number of benzene rings is 1. The van der Waals surface area contributed by atoms with Gasteiger partial charge in [-0.05, 0) is 25.1 Å². The van der Waals surface area contributed by atoms with Crippen molar-refractivity contribution in [1.82, 2.24) is 5.32 Å². The van der Waals surface area contributed by atoms with E-state index in [0.717, 1.165) is 11.1 Å². The molecule has 7 heteroatoms. The van der Waals surface area contributed by atoms with Crippen molar-refractivity contribution in [1.29, 1.82) is 0 Å². The largest absolute Gasteiger partial charge is 0.351 e. The van der Waals surface area contributed by atoms with E-state index in [1.165, 1.54) is 23.5 Å². The second-order valence-corrected chi connectivity index (χ2v) is 5.07. The first kappa shape index (κ1) is 13.4. The van der Waals surface area contributed by atoms with E-state index in [1.54, 1.807) is 12.1 Å². The molecular formula is C12H13N3O3S. The summed E-state index contributed by atoms with van der Waals surface area (Å²) in [6, 6.07) is 6.25. The fourth-order valence-corrected chi connectivity index (χ4v) is 2.61. The summed E-state index contributed by atoms with van der Waals surface area (Å²) in [4.78, 5) is 22.6. The number of hydrogen-bond donors (Lipinski definition) is 2. The predicted molar refractivity (Wildman–Crippen MR) is 74.5 cm³/mol. The summed E-state index contributed by atoms with van der Waals surface area (Å²) in [7, 11) is 0. The van der Waals surface area contributed by atoms with Crippen molar-refractivity contribution >= 4 is 33.0 Å². The Morgan fingerprint density at radius 2 is 2.21 bits per heavy atom. The molecule has 0 spiro atoms. The zero-order valence-electron chi connectivity index (χ0n) is 10.1. The Balaban J connectivity index is 2.21. The molecule has 0 saturated heterocycles. The average molecular weight is 279 g/mol. The zero-order chi connectivity index (χ0) is 13.8. The molecule has 2 aromatic rings. The van der Waals surface area contributed by atoms with E-state index in [1.807, 2.05) is 0 Å². The lowest BCUT2D eigenvalue weighted by atomic mass is 10.2. The molecule has 0 bridgehead atoms. The van der Waals surface area contributed by atoms with Crippen molar-refractivity contribution in [2.24, 2.45) is 5.73 Å². The zero-order valence-corrected chi connectivity index (χ0v) is 10.9. The van der Waals surface area contributed by atoms with Crippen LogP contribution in [0.5, 0.6) is 0 Å². The summed E-state index contributed by atoms with van der Waals surface area (Å²) in [5, 5.41) is 14.1. The number of rotatable bonds is 5. The van der Waals surface area contributed by atoms with E-state index in [2.05, 4.69) is 5.32 Å². The van der Waals surface area contributed by atoms with Crippen molar-refractivity contribution in [2.45, 2.75) is 6.42 Å². The Hall–Kier alpha value is -1.99. The molecule has 0 atom stereocenters. The lowest BCUT2D eigenvalue weighted by molar-refractivity contribution is -0.384. The minimum atomic E-state index is -0.446. The number of amides is 1. The Kier molecular flexibility index (Phi) is 4.08. The molecular weight excluding hydrogens is 266 g/mol. The van der Waals surface area contributed by atoms with Gasteiger partial charge in [-0.1, -0.05) is 0 Å². The molecule has 1 aromatic carbocycles. The Morgan fingerprint density at radius 1 is 1.42 bits per heavy atom. The molecule has 1 amide bonds. The van der Waals surface area contributed by atoms with Gasteiger partial charge in [-0.15, -0.1) is 11.3 Å². The summed E-state index contributed by atoms with van der Waals surface area (Å²) in [6.45, 7) is 1.06. The highest BCUT2D eigenvalue weighted by Crippen LogP contribution is 2.28. The maximum absolute atomic E-state index is 11.8. The van der Waals surface area contributed by atoms with Crippen LogP contribution < -0.4 is 11.1 Å². The van der Waals surface area contributed by atoms with Crippen molar-refractivity contribution in [2.75, 3.05) is 13.1 Å². The third-order valence-corrected chi connectivity index (χ3v) is 3.72. The maximum Gasteiger partial charge on any atom is 0.270 e. The van der Waals surface area contributed by atoms with Crippen molar-refractivity contribution in [3.63, 3.8) is 0 Å². The van der Waals surface area contributed by atoms with Gasteiger partial charge in [0.15, 0.2) is 0 Å². The van der Waals surface area contributed by atoms with Gasteiger partial charge in [0.25, 0.3) is 11.6 Å². The molecule has 0 aliphatic rings. The van der Waals surface area contributed by atoms with Crippen molar-refractivity contribution < 1.29 is 9.72 Å². The summed E-state index contributed by atoms with van der Waals surface area (Å²) in [5.74, 6) is -0.169. The standard InChI is InChI=1S/C12H13N3O3S/c13-4-1-5-14-12(16)11-7-8-6-9(15(17)18)2-3-10(8)19-11/h2-3,6-7H,1,4-5,13H2,(H,14,16). The number of nitrogens with zero attached hydrogens (tertiary/aromatic N) is 1. The first-order valence-corrected chi connectivity index (χ1v) is 6.59. The Labute approximate surface area is 113 Å². The number of nitro groups is 1. The van der Waals surface area contributed by atoms with Crippen LogP contribution in [0.2, 0.25) is 0 Å². The van der Waals surface area contributed by atoms with E-state index < -0.39 is 4.92 Å². The van der Waals surface area contributed by atoms with Gasteiger partial charge in [0.05, 0.1) is 9.80 Å². The quantitative estimate of drug-likeness (QED) is 0.496. The van der Waals surface area contributed by atoms with Gasteiger partial charge in [0.1, 0.15) is 0 Å². The molecule has 0 radical (unpaired) electrons. The molecule has 0 aliphatic heterocycles. The summed E-state index contributed by atoms with van der Waals surface area (Å²) < 4.78 is 0.856. The molecule has 0 aliphatic carbocycles. The van der Waals surface area contributed by atoms with Gasteiger partial charge in [0, 0.05) is 28.8 Å². The molecule has 19 heavy (non-hydrogen) atoms. The van der Waals surface area contributed by atoms with E-state index >= 15 is 0 Å². The lowest BCUT2D eigenvalue weighted by Gasteiger charge is -2.00. The number of carbonyl (C=O) groups is 1.